The fourth-order valence-electron chi connectivity index (χ4n) is 4.52. The second-order valence-corrected chi connectivity index (χ2v) is 8.71. The van der Waals surface area contributed by atoms with Crippen molar-refractivity contribution in [2.45, 2.75) is 76.8 Å². The summed E-state index contributed by atoms with van der Waals surface area (Å²) in [6.45, 7) is 12.4. The maximum Gasteiger partial charge on any atom is 0.194 e. The van der Waals surface area contributed by atoms with Crippen molar-refractivity contribution < 1.29 is 19.1 Å². The minimum atomic E-state index is -0.449. The standard InChI is InChI=1S/C20H26O4/c1-11-13-10-14(21)12(2)18(11,3)8-9-19(4)15(23-19)6-7-20(5)17(24-20)16(13)22/h10,12,15,17H,1,6-9H2,2-5H3/t12-,15+,17-,18-,19-,20-/m1/s1. The Labute approximate surface area is 143 Å². The monoisotopic (exact) mass is 330 g/mol. The molecule has 0 amide bonds. The van der Waals surface area contributed by atoms with Crippen LogP contribution in [0.2, 0.25) is 0 Å². The molecule has 0 aromatic carbocycles. The van der Waals surface area contributed by atoms with Gasteiger partial charge >= 0.3 is 0 Å². The van der Waals surface area contributed by atoms with Gasteiger partial charge in [-0.05, 0) is 51.2 Å². The zero-order valence-corrected chi connectivity index (χ0v) is 15.0. The van der Waals surface area contributed by atoms with Crippen molar-refractivity contribution in [2.24, 2.45) is 11.3 Å². The van der Waals surface area contributed by atoms with Crippen LogP contribution in [0.1, 0.15) is 53.4 Å². The summed E-state index contributed by atoms with van der Waals surface area (Å²) in [4.78, 5) is 25.5. The first-order chi connectivity index (χ1) is 11.1. The topological polar surface area (TPSA) is 59.2 Å². The van der Waals surface area contributed by atoms with E-state index in [-0.39, 0.29) is 29.2 Å². The van der Waals surface area contributed by atoms with Gasteiger partial charge in [0.2, 0.25) is 0 Å². The first-order valence-electron chi connectivity index (χ1n) is 8.96. The molecule has 0 radical (unpaired) electrons. The SMILES string of the molecule is C=C1C2=CC(=O)[C@@H](C)[C@]1(C)CC[C@@]1(C)O[C@H]1CC[C@@]1(C)O[C@@H]1C2=O. The van der Waals surface area contributed by atoms with Gasteiger partial charge in [-0.15, -0.1) is 0 Å². The van der Waals surface area contributed by atoms with Gasteiger partial charge < -0.3 is 9.47 Å². The van der Waals surface area contributed by atoms with Crippen molar-refractivity contribution in [2.75, 3.05) is 0 Å². The van der Waals surface area contributed by atoms with Crippen molar-refractivity contribution >= 4 is 11.6 Å². The van der Waals surface area contributed by atoms with Crippen LogP contribution >= 0.6 is 0 Å². The molecule has 130 valence electrons. The molecular weight excluding hydrogens is 304 g/mol. The first kappa shape index (κ1) is 16.2. The Bertz CT molecular complexity index is 692. The van der Waals surface area contributed by atoms with Gasteiger partial charge in [0.25, 0.3) is 0 Å². The molecule has 2 bridgehead atoms. The number of carbonyl (C=O) groups excluding carboxylic acids is 2. The highest BCUT2D eigenvalue weighted by Gasteiger charge is 2.61. The van der Waals surface area contributed by atoms with Crippen molar-refractivity contribution in [1.29, 1.82) is 0 Å². The summed E-state index contributed by atoms with van der Waals surface area (Å²) in [5.41, 5.74) is 0.331. The van der Waals surface area contributed by atoms with Gasteiger partial charge in [-0.2, -0.15) is 0 Å². The number of ether oxygens (including phenoxy) is 2. The molecule has 2 aliphatic carbocycles. The van der Waals surface area contributed by atoms with Crippen molar-refractivity contribution in [3.8, 4) is 0 Å². The van der Waals surface area contributed by atoms with Crippen LogP contribution in [-0.4, -0.2) is 35.0 Å². The molecular formula is C20H26O4. The Morgan fingerprint density at radius 1 is 1.08 bits per heavy atom. The molecule has 3 fully saturated rings. The zero-order valence-electron chi connectivity index (χ0n) is 15.0. The van der Waals surface area contributed by atoms with E-state index < -0.39 is 17.1 Å². The number of rotatable bonds is 0. The Hall–Kier alpha value is -1.26. The first-order valence-corrected chi connectivity index (χ1v) is 8.96. The molecule has 24 heavy (non-hydrogen) atoms. The van der Waals surface area contributed by atoms with E-state index in [0.717, 1.165) is 31.3 Å². The average Bonchev–Trinajstić information content (AvgIpc) is 3.40. The number of hydrogen-bond acceptors (Lipinski definition) is 4. The lowest BCUT2D eigenvalue weighted by Gasteiger charge is -2.41. The summed E-state index contributed by atoms with van der Waals surface area (Å²) in [5, 5.41) is 0. The molecule has 6 atom stereocenters. The normalized spacial score (nSPS) is 50.9. The third kappa shape index (κ3) is 2.12. The van der Waals surface area contributed by atoms with Crippen LogP contribution in [0.4, 0.5) is 0 Å². The molecule has 1 saturated carbocycles. The number of ketones is 2. The van der Waals surface area contributed by atoms with E-state index in [2.05, 4.69) is 20.4 Å². The molecule has 4 aliphatic rings. The molecule has 4 rings (SSSR count). The number of carbonyl (C=O) groups is 2. The Morgan fingerprint density at radius 2 is 1.79 bits per heavy atom. The summed E-state index contributed by atoms with van der Waals surface area (Å²) in [7, 11) is 0. The van der Waals surface area contributed by atoms with E-state index in [1.807, 2.05) is 13.8 Å². The van der Waals surface area contributed by atoms with Crippen LogP contribution in [0.5, 0.6) is 0 Å². The van der Waals surface area contributed by atoms with Gasteiger partial charge in [0.05, 0.1) is 11.7 Å². The molecule has 4 nitrogen and oxygen atoms in total. The van der Waals surface area contributed by atoms with Gasteiger partial charge in [0, 0.05) is 16.9 Å². The molecule has 2 aliphatic heterocycles. The van der Waals surface area contributed by atoms with Gasteiger partial charge in [-0.3, -0.25) is 9.59 Å². The molecule has 0 spiro atoms. The quantitative estimate of drug-likeness (QED) is 0.640. The maximum atomic E-state index is 12.9. The van der Waals surface area contributed by atoms with Gasteiger partial charge in [-0.25, -0.2) is 0 Å². The van der Waals surface area contributed by atoms with Crippen LogP contribution in [0.3, 0.4) is 0 Å². The highest BCUT2D eigenvalue weighted by molar-refractivity contribution is 6.11. The van der Waals surface area contributed by atoms with E-state index in [1.54, 1.807) is 0 Å². The molecule has 2 heterocycles. The summed E-state index contributed by atoms with van der Waals surface area (Å²) in [5.74, 6) is -0.225. The molecule has 4 heteroatoms. The minimum absolute atomic E-state index is 0.0195. The van der Waals surface area contributed by atoms with Crippen LogP contribution < -0.4 is 0 Å². The second-order valence-electron chi connectivity index (χ2n) is 8.71. The molecule has 0 aromatic rings. The predicted octanol–water partition coefficient (Wildman–Crippen LogP) is 3.15. The van der Waals surface area contributed by atoms with E-state index in [9.17, 15) is 9.59 Å². The summed E-state index contributed by atoms with van der Waals surface area (Å²) in [6.07, 6.45) is 4.70. The maximum absolute atomic E-state index is 12.9. The predicted molar refractivity (Wildman–Crippen MR) is 89.5 cm³/mol. The third-order valence-corrected chi connectivity index (χ3v) is 7.15. The highest BCUT2D eigenvalue weighted by Crippen LogP contribution is 2.54. The fourth-order valence-corrected chi connectivity index (χ4v) is 4.52. The van der Waals surface area contributed by atoms with Crippen molar-refractivity contribution in [1.82, 2.24) is 0 Å². The van der Waals surface area contributed by atoms with E-state index in [1.165, 1.54) is 6.08 Å². The number of allylic oxidation sites excluding steroid dienone is 2. The minimum Gasteiger partial charge on any atom is -0.366 e. The largest absolute Gasteiger partial charge is 0.366 e. The van der Waals surface area contributed by atoms with Crippen molar-refractivity contribution in [3.05, 3.63) is 23.8 Å². The lowest BCUT2D eigenvalue weighted by atomic mass is 9.61. The summed E-state index contributed by atoms with van der Waals surface area (Å²) in [6, 6.07) is 0. The summed E-state index contributed by atoms with van der Waals surface area (Å²) < 4.78 is 11.7. The Balaban J connectivity index is 1.74. The fraction of sp³-hybridized carbons (Fsp3) is 0.700. The Kier molecular flexibility index (Phi) is 3.16. The number of fused-ring (bicyclic) bond motifs is 4. The lowest BCUT2D eigenvalue weighted by Crippen LogP contribution is -2.40. The number of epoxide rings is 2. The van der Waals surface area contributed by atoms with E-state index in [0.29, 0.717) is 5.57 Å². The van der Waals surface area contributed by atoms with Crippen molar-refractivity contribution in [3.63, 3.8) is 0 Å². The third-order valence-electron chi connectivity index (χ3n) is 7.15. The number of hydrogen-bond donors (Lipinski definition) is 0. The van der Waals surface area contributed by atoms with Crippen LogP contribution in [-0.2, 0) is 19.1 Å². The lowest BCUT2D eigenvalue weighted by molar-refractivity contribution is -0.123. The average molecular weight is 330 g/mol. The molecule has 0 unspecified atom stereocenters. The highest BCUT2D eigenvalue weighted by atomic mass is 16.6. The molecule has 2 saturated heterocycles. The second kappa shape index (κ2) is 4.67. The van der Waals surface area contributed by atoms with Crippen LogP contribution in [0, 0.1) is 11.3 Å². The van der Waals surface area contributed by atoms with Gasteiger partial charge in [-0.1, -0.05) is 20.4 Å². The van der Waals surface area contributed by atoms with Crippen LogP contribution in [0.15, 0.2) is 23.8 Å². The van der Waals surface area contributed by atoms with E-state index in [4.69, 9.17) is 9.47 Å². The van der Waals surface area contributed by atoms with Crippen LogP contribution in [0.25, 0.3) is 0 Å². The molecule has 0 aromatic heterocycles. The zero-order chi connectivity index (χ0) is 17.5. The summed E-state index contributed by atoms with van der Waals surface area (Å²) >= 11 is 0. The van der Waals surface area contributed by atoms with E-state index >= 15 is 0 Å². The van der Waals surface area contributed by atoms with Gasteiger partial charge in [0.1, 0.15) is 11.7 Å². The Morgan fingerprint density at radius 3 is 2.50 bits per heavy atom. The van der Waals surface area contributed by atoms with Gasteiger partial charge in [0.15, 0.2) is 11.6 Å². The smallest absolute Gasteiger partial charge is 0.194 e. The molecule has 0 N–H and O–H groups in total. The number of Topliss-reactive ketones (excluding diaryl/α,β-unsaturated/α-hetero) is 1.